The lowest BCUT2D eigenvalue weighted by Crippen LogP contribution is -2.49. The van der Waals surface area contributed by atoms with E-state index in [0.29, 0.717) is 57.5 Å². The zero-order valence-electron chi connectivity index (χ0n) is 29.2. The summed E-state index contributed by atoms with van der Waals surface area (Å²) in [5.41, 5.74) is 4.80. The summed E-state index contributed by atoms with van der Waals surface area (Å²) in [5, 5.41) is 2.89. The van der Waals surface area contributed by atoms with Crippen molar-refractivity contribution in [3.8, 4) is 6.01 Å². The summed E-state index contributed by atoms with van der Waals surface area (Å²) in [6, 6.07) is 20.4. The molecule has 0 aliphatic carbocycles. The van der Waals surface area contributed by atoms with Crippen molar-refractivity contribution in [1.29, 1.82) is 0 Å². The molecule has 3 aliphatic rings. The number of carbonyl (C=O) groups is 2. The van der Waals surface area contributed by atoms with E-state index in [9.17, 15) is 9.59 Å². The van der Waals surface area contributed by atoms with E-state index in [0.717, 1.165) is 89.4 Å². The number of hydrogen-bond donors (Lipinski definition) is 0. The standard InChI is InChI=1S/C40H45ClN6O4/c1-3-36(48)45-20-22-46(23-21-45)38-32-16-19-47(35-15-6-11-29-10-5-14-33(41)37(29)35)26-34(32)42-40(43-38)51-27-31-13-7-17-44(31)18-8-24-50-39(49)30-12-4-9-28(2)25-30/h3-6,9-12,14-15,25,31H,1,7-8,13,16-24,26-27H2,2H3. The van der Waals surface area contributed by atoms with Gasteiger partial charge in [-0.05, 0) is 74.9 Å². The lowest BCUT2D eigenvalue weighted by Gasteiger charge is -2.38. The fourth-order valence-corrected chi connectivity index (χ4v) is 7.84. The van der Waals surface area contributed by atoms with E-state index in [-0.39, 0.29) is 17.9 Å². The number of esters is 1. The SMILES string of the molecule is C=CC(=O)N1CCN(c2nc(OCC3CCCN3CCCOC(=O)c3cccc(C)c3)nc3c2CCN(c2cccc4cccc(Cl)c24)C3)CC1. The number of carbonyl (C=O) groups excluding carboxylic acids is 2. The quantitative estimate of drug-likeness (QED) is 0.105. The van der Waals surface area contributed by atoms with Crippen molar-refractivity contribution in [2.45, 2.75) is 45.2 Å². The Bertz CT molecular complexity index is 1910. The van der Waals surface area contributed by atoms with E-state index in [2.05, 4.69) is 45.5 Å². The van der Waals surface area contributed by atoms with Gasteiger partial charge in [0.15, 0.2) is 0 Å². The number of aromatic nitrogens is 2. The van der Waals surface area contributed by atoms with Crippen molar-refractivity contribution in [1.82, 2.24) is 19.8 Å². The second-order valence-electron chi connectivity index (χ2n) is 13.6. The largest absolute Gasteiger partial charge is 0.462 e. The second kappa shape index (κ2) is 15.7. The number of ether oxygens (including phenoxy) is 2. The molecule has 2 fully saturated rings. The molecule has 0 radical (unpaired) electrons. The zero-order valence-corrected chi connectivity index (χ0v) is 30.0. The number of rotatable bonds is 11. The van der Waals surface area contributed by atoms with Gasteiger partial charge < -0.3 is 24.2 Å². The van der Waals surface area contributed by atoms with Gasteiger partial charge in [-0.3, -0.25) is 9.69 Å². The average Bonchev–Trinajstić information content (AvgIpc) is 3.61. The van der Waals surface area contributed by atoms with Gasteiger partial charge in [-0.1, -0.05) is 60.1 Å². The fraction of sp³-hybridized carbons (Fsp3) is 0.400. The van der Waals surface area contributed by atoms with E-state index in [1.165, 1.54) is 6.08 Å². The molecule has 3 aromatic carbocycles. The number of piperazine rings is 1. The predicted octanol–water partition coefficient (Wildman–Crippen LogP) is 6.08. The smallest absolute Gasteiger partial charge is 0.338 e. The molecule has 2 saturated heterocycles. The number of fused-ring (bicyclic) bond motifs is 2. The third kappa shape index (κ3) is 7.82. The van der Waals surface area contributed by atoms with Gasteiger partial charge in [-0.25, -0.2) is 4.79 Å². The first-order valence-corrected chi connectivity index (χ1v) is 18.3. The Hall–Kier alpha value is -4.67. The maximum atomic E-state index is 12.5. The molecule has 4 heterocycles. The third-order valence-electron chi connectivity index (χ3n) is 10.2. The Labute approximate surface area is 304 Å². The summed E-state index contributed by atoms with van der Waals surface area (Å²) >= 11 is 6.74. The molecule has 0 saturated carbocycles. The third-order valence-corrected chi connectivity index (χ3v) is 10.6. The first kappa shape index (κ1) is 34.8. The van der Waals surface area contributed by atoms with E-state index >= 15 is 0 Å². The lowest BCUT2D eigenvalue weighted by molar-refractivity contribution is -0.126. The molecule has 0 bridgehead atoms. The van der Waals surface area contributed by atoms with Crippen LogP contribution in [0.3, 0.4) is 0 Å². The number of amides is 1. The molecule has 0 N–H and O–H groups in total. The van der Waals surface area contributed by atoms with E-state index in [4.69, 9.17) is 31.0 Å². The molecule has 1 aromatic heterocycles. The molecule has 51 heavy (non-hydrogen) atoms. The van der Waals surface area contributed by atoms with Crippen LogP contribution in [-0.2, 0) is 22.5 Å². The molecule has 266 valence electrons. The molecule has 0 spiro atoms. The van der Waals surface area contributed by atoms with Crippen LogP contribution in [0, 0.1) is 6.92 Å². The Morgan fingerprint density at radius 2 is 1.78 bits per heavy atom. The molecule has 1 amide bonds. The first-order chi connectivity index (χ1) is 24.9. The van der Waals surface area contributed by atoms with Crippen molar-refractivity contribution in [2.75, 3.05) is 68.8 Å². The van der Waals surface area contributed by atoms with Gasteiger partial charge in [0.25, 0.3) is 0 Å². The minimum Gasteiger partial charge on any atom is -0.462 e. The van der Waals surface area contributed by atoms with Crippen LogP contribution in [0.5, 0.6) is 6.01 Å². The maximum Gasteiger partial charge on any atom is 0.338 e. The second-order valence-corrected chi connectivity index (χ2v) is 14.0. The summed E-state index contributed by atoms with van der Waals surface area (Å²) in [7, 11) is 0. The Balaban J connectivity index is 1.05. The van der Waals surface area contributed by atoms with Gasteiger partial charge >= 0.3 is 12.0 Å². The zero-order chi connectivity index (χ0) is 35.3. The molecule has 3 aliphatic heterocycles. The van der Waals surface area contributed by atoms with Crippen LogP contribution in [0.25, 0.3) is 10.8 Å². The minimum atomic E-state index is -0.281. The Morgan fingerprint density at radius 3 is 2.59 bits per heavy atom. The first-order valence-electron chi connectivity index (χ1n) is 18.0. The van der Waals surface area contributed by atoms with Gasteiger partial charge in [0, 0.05) is 61.9 Å². The van der Waals surface area contributed by atoms with E-state index in [1.807, 2.05) is 42.2 Å². The van der Waals surface area contributed by atoms with E-state index < -0.39 is 0 Å². The fourth-order valence-electron chi connectivity index (χ4n) is 7.56. The highest BCUT2D eigenvalue weighted by molar-refractivity contribution is 6.36. The Kier molecular flexibility index (Phi) is 10.7. The highest BCUT2D eigenvalue weighted by Gasteiger charge is 2.30. The van der Waals surface area contributed by atoms with Crippen LogP contribution in [0.15, 0.2) is 73.3 Å². The molecule has 10 nitrogen and oxygen atoms in total. The number of likely N-dealkylation sites (tertiary alicyclic amines) is 1. The summed E-state index contributed by atoms with van der Waals surface area (Å²) in [5.74, 6) is 0.574. The van der Waals surface area contributed by atoms with Crippen molar-refractivity contribution < 1.29 is 19.1 Å². The van der Waals surface area contributed by atoms with Crippen LogP contribution in [0.1, 0.15) is 46.4 Å². The van der Waals surface area contributed by atoms with Crippen molar-refractivity contribution in [3.05, 3.63) is 101 Å². The average molecular weight is 709 g/mol. The number of halogens is 1. The van der Waals surface area contributed by atoms with Crippen LogP contribution in [0.2, 0.25) is 5.02 Å². The summed E-state index contributed by atoms with van der Waals surface area (Å²) in [6.45, 7) is 12.3. The molecular weight excluding hydrogens is 664 g/mol. The number of benzene rings is 3. The van der Waals surface area contributed by atoms with Gasteiger partial charge in [0.1, 0.15) is 12.4 Å². The Morgan fingerprint density at radius 1 is 0.980 bits per heavy atom. The highest BCUT2D eigenvalue weighted by atomic mass is 35.5. The number of aryl methyl sites for hydroxylation is 1. The highest BCUT2D eigenvalue weighted by Crippen LogP contribution is 2.37. The monoisotopic (exact) mass is 708 g/mol. The van der Waals surface area contributed by atoms with Crippen LogP contribution >= 0.6 is 11.6 Å². The van der Waals surface area contributed by atoms with Crippen LogP contribution in [-0.4, -0.2) is 96.7 Å². The van der Waals surface area contributed by atoms with Gasteiger partial charge in [0.05, 0.1) is 29.4 Å². The number of anilines is 2. The van der Waals surface area contributed by atoms with E-state index in [1.54, 1.807) is 6.07 Å². The van der Waals surface area contributed by atoms with Crippen molar-refractivity contribution in [3.63, 3.8) is 0 Å². The normalized spacial score (nSPS) is 17.8. The van der Waals surface area contributed by atoms with Gasteiger partial charge in [-0.15, -0.1) is 0 Å². The lowest BCUT2D eigenvalue weighted by atomic mass is 10.0. The summed E-state index contributed by atoms with van der Waals surface area (Å²) < 4.78 is 12.0. The molecule has 11 heteroatoms. The maximum absolute atomic E-state index is 12.5. The van der Waals surface area contributed by atoms with Crippen molar-refractivity contribution >= 4 is 45.8 Å². The molecule has 7 rings (SSSR count). The summed E-state index contributed by atoms with van der Waals surface area (Å²) in [4.78, 5) is 43.7. The van der Waals surface area contributed by atoms with Crippen molar-refractivity contribution in [2.24, 2.45) is 0 Å². The topological polar surface area (TPSA) is 91.3 Å². The molecule has 1 atom stereocenters. The number of hydrogen-bond acceptors (Lipinski definition) is 9. The summed E-state index contributed by atoms with van der Waals surface area (Å²) in [6.07, 6.45) is 5.02. The van der Waals surface area contributed by atoms with Gasteiger partial charge in [-0.2, -0.15) is 9.97 Å². The molecule has 1 unspecified atom stereocenters. The predicted molar refractivity (Wildman–Crippen MR) is 201 cm³/mol. The number of nitrogens with zero attached hydrogens (tertiary/aromatic N) is 6. The van der Waals surface area contributed by atoms with Crippen LogP contribution < -0.4 is 14.5 Å². The van der Waals surface area contributed by atoms with Gasteiger partial charge in [0.2, 0.25) is 5.91 Å². The molecule has 4 aromatic rings. The molecular formula is C40H45ClN6O4. The minimum absolute atomic E-state index is 0.0432. The van der Waals surface area contributed by atoms with Crippen LogP contribution in [0.4, 0.5) is 11.5 Å².